The number of phenols is 1. The second kappa shape index (κ2) is 4.56. The zero-order chi connectivity index (χ0) is 11.5. The van der Waals surface area contributed by atoms with E-state index in [4.69, 9.17) is 0 Å². The van der Waals surface area contributed by atoms with Crippen molar-refractivity contribution in [2.45, 2.75) is 32.6 Å². The lowest BCUT2D eigenvalue weighted by atomic mass is 9.83. The first-order valence-corrected chi connectivity index (χ1v) is 5.74. The normalized spacial score (nSPS) is 15.6. The van der Waals surface area contributed by atoms with Crippen LogP contribution in [0.1, 0.15) is 31.2 Å². The van der Waals surface area contributed by atoms with Gasteiger partial charge in [-0.3, -0.25) is 4.79 Å². The molecule has 86 valence electrons. The first-order valence-electron chi connectivity index (χ1n) is 5.74. The van der Waals surface area contributed by atoms with Gasteiger partial charge in [0.25, 0.3) is 0 Å². The maximum absolute atomic E-state index is 11.6. The van der Waals surface area contributed by atoms with Crippen molar-refractivity contribution in [3.63, 3.8) is 0 Å². The molecule has 3 heteroatoms. The van der Waals surface area contributed by atoms with E-state index in [-0.39, 0.29) is 11.7 Å². The summed E-state index contributed by atoms with van der Waals surface area (Å²) in [5.74, 6) is 0.921. The van der Waals surface area contributed by atoms with Gasteiger partial charge in [-0.25, -0.2) is 0 Å². The van der Waals surface area contributed by atoms with Crippen LogP contribution in [-0.4, -0.2) is 11.0 Å². The van der Waals surface area contributed by atoms with Gasteiger partial charge >= 0.3 is 0 Å². The largest absolute Gasteiger partial charge is 0.508 e. The predicted molar refractivity (Wildman–Crippen MR) is 63.4 cm³/mol. The van der Waals surface area contributed by atoms with E-state index in [2.05, 4.69) is 5.32 Å². The molecule has 0 bridgehead atoms. The van der Waals surface area contributed by atoms with Crippen LogP contribution >= 0.6 is 0 Å². The number of carbonyl (C=O) groups is 1. The summed E-state index contributed by atoms with van der Waals surface area (Å²) in [5, 5.41) is 12.2. The summed E-state index contributed by atoms with van der Waals surface area (Å²) in [6, 6.07) is 5.11. The monoisotopic (exact) mass is 219 g/mol. The molecule has 0 radical (unpaired) electrons. The summed E-state index contributed by atoms with van der Waals surface area (Å²) >= 11 is 0. The SMILES string of the molecule is Cc1cc(NC(=O)CC2CCC2)ccc1O. The van der Waals surface area contributed by atoms with E-state index in [1.54, 1.807) is 18.2 Å². The Kier molecular flexibility index (Phi) is 3.13. The van der Waals surface area contributed by atoms with Gasteiger partial charge in [0.05, 0.1) is 0 Å². The fraction of sp³-hybridized carbons (Fsp3) is 0.462. The number of rotatable bonds is 3. The molecule has 0 aliphatic heterocycles. The highest BCUT2D eigenvalue weighted by molar-refractivity contribution is 5.91. The van der Waals surface area contributed by atoms with Crippen LogP contribution in [0, 0.1) is 12.8 Å². The second-order valence-corrected chi connectivity index (χ2v) is 4.55. The van der Waals surface area contributed by atoms with Crippen molar-refractivity contribution in [2.24, 2.45) is 5.92 Å². The molecule has 1 saturated carbocycles. The van der Waals surface area contributed by atoms with Gasteiger partial charge in [-0.15, -0.1) is 0 Å². The molecule has 1 fully saturated rings. The number of benzene rings is 1. The number of anilines is 1. The number of carbonyl (C=O) groups excluding carboxylic acids is 1. The smallest absolute Gasteiger partial charge is 0.224 e. The molecule has 0 aromatic heterocycles. The van der Waals surface area contributed by atoms with E-state index < -0.39 is 0 Å². The Morgan fingerprint density at radius 1 is 1.50 bits per heavy atom. The molecular formula is C13H17NO2. The lowest BCUT2D eigenvalue weighted by Gasteiger charge is -2.24. The Morgan fingerprint density at radius 2 is 2.25 bits per heavy atom. The minimum atomic E-state index is 0.0785. The van der Waals surface area contributed by atoms with Crippen LogP contribution in [0.4, 0.5) is 5.69 Å². The molecule has 0 saturated heterocycles. The van der Waals surface area contributed by atoms with E-state index in [9.17, 15) is 9.90 Å². The second-order valence-electron chi connectivity index (χ2n) is 4.55. The van der Waals surface area contributed by atoms with Crippen LogP contribution in [0.15, 0.2) is 18.2 Å². The molecule has 2 N–H and O–H groups in total. The maximum Gasteiger partial charge on any atom is 0.224 e. The van der Waals surface area contributed by atoms with Crippen molar-refractivity contribution in [2.75, 3.05) is 5.32 Å². The molecule has 0 unspecified atom stereocenters. The minimum absolute atomic E-state index is 0.0785. The van der Waals surface area contributed by atoms with Crippen LogP contribution in [0.2, 0.25) is 0 Å². The third kappa shape index (κ3) is 2.54. The average Bonchev–Trinajstić information content (AvgIpc) is 2.18. The van der Waals surface area contributed by atoms with Crippen LogP contribution in [0.3, 0.4) is 0 Å². The summed E-state index contributed by atoms with van der Waals surface area (Å²) < 4.78 is 0. The van der Waals surface area contributed by atoms with Crippen molar-refractivity contribution < 1.29 is 9.90 Å². The molecule has 1 aliphatic carbocycles. The van der Waals surface area contributed by atoms with E-state index in [0.29, 0.717) is 12.3 Å². The van der Waals surface area contributed by atoms with Gasteiger partial charge in [0.2, 0.25) is 5.91 Å². The number of hydrogen-bond acceptors (Lipinski definition) is 2. The molecule has 3 nitrogen and oxygen atoms in total. The number of amides is 1. The topological polar surface area (TPSA) is 49.3 Å². The van der Waals surface area contributed by atoms with Gasteiger partial charge in [0.1, 0.15) is 5.75 Å². The Balaban J connectivity index is 1.92. The summed E-state index contributed by atoms with van der Waals surface area (Å²) in [4.78, 5) is 11.6. The molecule has 16 heavy (non-hydrogen) atoms. The number of phenolic OH excluding ortho intramolecular Hbond substituents is 1. The number of aryl methyl sites for hydroxylation is 1. The summed E-state index contributed by atoms with van der Waals surface area (Å²) in [6.45, 7) is 1.82. The van der Waals surface area contributed by atoms with Crippen LogP contribution in [0.25, 0.3) is 0 Å². The Morgan fingerprint density at radius 3 is 2.81 bits per heavy atom. The highest BCUT2D eigenvalue weighted by atomic mass is 16.3. The lowest BCUT2D eigenvalue weighted by molar-refractivity contribution is -0.117. The molecule has 0 atom stereocenters. The van der Waals surface area contributed by atoms with Crippen molar-refractivity contribution in [3.8, 4) is 5.75 Å². The summed E-state index contributed by atoms with van der Waals surface area (Å²) in [5.41, 5.74) is 1.54. The molecule has 1 amide bonds. The lowest BCUT2D eigenvalue weighted by Crippen LogP contribution is -2.20. The van der Waals surface area contributed by atoms with Crippen molar-refractivity contribution in [3.05, 3.63) is 23.8 Å². The number of aromatic hydroxyl groups is 1. The van der Waals surface area contributed by atoms with Gasteiger partial charge in [-0.1, -0.05) is 6.42 Å². The van der Waals surface area contributed by atoms with E-state index in [0.717, 1.165) is 11.3 Å². The summed E-state index contributed by atoms with van der Waals surface area (Å²) in [7, 11) is 0. The van der Waals surface area contributed by atoms with E-state index >= 15 is 0 Å². The average molecular weight is 219 g/mol. The van der Waals surface area contributed by atoms with Crippen molar-refractivity contribution in [1.82, 2.24) is 0 Å². The molecule has 0 heterocycles. The molecule has 1 aromatic carbocycles. The highest BCUT2D eigenvalue weighted by Gasteiger charge is 2.20. The maximum atomic E-state index is 11.6. The number of nitrogens with one attached hydrogen (secondary N) is 1. The molecule has 2 rings (SSSR count). The van der Waals surface area contributed by atoms with Gasteiger partial charge in [0.15, 0.2) is 0 Å². The predicted octanol–water partition coefficient (Wildman–Crippen LogP) is 2.83. The van der Waals surface area contributed by atoms with Gasteiger partial charge < -0.3 is 10.4 Å². The van der Waals surface area contributed by atoms with E-state index in [1.807, 2.05) is 6.92 Å². The van der Waals surface area contributed by atoms with Gasteiger partial charge in [-0.05, 0) is 49.4 Å². The van der Waals surface area contributed by atoms with Gasteiger partial charge in [0, 0.05) is 12.1 Å². The first-order chi connectivity index (χ1) is 7.65. The Bertz CT molecular complexity index is 397. The van der Waals surface area contributed by atoms with Crippen LogP contribution in [0.5, 0.6) is 5.75 Å². The molecule has 0 spiro atoms. The fourth-order valence-electron chi connectivity index (χ4n) is 1.90. The zero-order valence-electron chi connectivity index (χ0n) is 9.49. The minimum Gasteiger partial charge on any atom is -0.508 e. The van der Waals surface area contributed by atoms with Gasteiger partial charge in [-0.2, -0.15) is 0 Å². The molecule has 1 aromatic rings. The molecule has 1 aliphatic rings. The van der Waals surface area contributed by atoms with E-state index in [1.165, 1.54) is 19.3 Å². The zero-order valence-corrected chi connectivity index (χ0v) is 9.49. The van der Waals surface area contributed by atoms with Crippen LogP contribution < -0.4 is 5.32 Å². The third-order valence-corrected chi connectivity index (χ3v) is 3.18. The standard InChI is InChI=1S/C13H17NO2/c1-9-7-11(5-6-12(9)15)14-13(16)8-10-3-2-4-10/h5-7,10,15H,2-4,8H2,1H3,(H,14,16). The first kappa shape index (κ1) is 11.0. The Hall–Kier alpha value is -1.51. The van der Waals surface area contributed by atoms with Crippen LogP contribution in [-0.2, 0) is 4.79 Å². The Labute approximate surface area is 95.5 Å². The highest BCUT2D eigenvalue weighted by Crippen LogP contribution is 2.29. The quantitative estimate of drug-likeness (QED) is 0.768. The number of hydrogen-bond donors (Lipinski definition) is 2. The molecular weight excluding hydrogens is 202 g/mol. The van der Waals surface area contributed by atoms with Crippen molar-refractivity contribution in [1.29, 1.82) is 0 Å². The summed E-state index contributed by atoms with van der Waals surface area (Å²) in [6.07, 6.45) is 4.25. The van der Waals surface area contributed by atoms with Crippen molar-refractivity contribution >= 4 is 11.6 Å². The fourth-order valence-corrected chi connectivity index (χ4v) is 1.90. The third-order valence-electron chi connectivity index (χ3n) is 3.18.